The summed E-state index contributed by atoms with van der Waals surface area (Å²) in [7, 11) is 0. The van der Waals surface area contributed by atoms with E-state index in [1.807, 2.05) is 18.2 Å². The second-order valence-corrected chi connectivity index (χ2v) is 5.88. The summed E-state index contributed by atoms with van der Waals surface area (Å²) in [6.45, 7) is 0. The van der Waals surface area contributed by atoms with E-state index in [1.54, 1.807) is 12.4 Å². The van der Waals surface area contributed by atoms with Crippen LogP contribution in [0.25, 0.3) is 11.0 Å². The Hall–Kier alpha value is -1.77. The van der Waals surface area contributed by atoms with Crippen LogP contribution in [0.15, 0.2) is 30.6 Å². The molecule has 1 aromatic heterocycles. The van der Waals surface area contributed by atoms with Crippen molar-refractivity contribution in [2.75, 3.05) is 0 Å². The monoisotopic (exact) mass is 252 g/mol. The van der Waals surface area contributed by atoms with Crippen LogP contribution in [-0.2, 0) is 0 Å². The van der Waals surface area contributed by atoms with Gasteiger partial charge < -0.3 is 0 Å². The molecule has 3 unspecified atom stereocenters. The van der Waals surface area contributed by atoms with E-state index in [-0.39, 0.29) is 5.92 Å². The number of carbonyl (C=O) groups is 1. The van der Waals surface area contributed by atoms with E-state index in [0.717, 1.165) is 28.9 Å². The summed E-state index contributed by atoms with van der Waals surface area (Å²) in [4.78, 5) is 21.4. The zero-order valence-corrected chi connectivity index (χ0v) is 10.7. The first-order chi connectivity index (χ1) is 9.33. The van der Waals surface area contributed by atoms with Crippen molar-refractivity contribution in [1.29, 1.82) is 0 Å². The molecule has 2 aliphatic carbocycles. The third-order valence-electron chi connectivity index (χ3n) is 4.84. The summed E-state index contributed by atoms with van der Waals surface area (Å²) in [5.41, 5.74) is 2.34. The molecule has 2 saturated carbocycles. The van der Waals surface area contributed by atoms with Crippen molar-refractivity contribution in [2.45, 2.75) is 25.7 Å². The lowest BCUT2D eigenvalue weighted by atomic mass is 9.83. The number of nitrogens with zero attached hydrogens (tertiary/aromatic N) is 2. The van der Waals surface area contributed by atoms with Crippen LogP contribution in [0.5, 0.6) is 0 Å². The number of benzene rings is 1. The van der Waals surface area contributed by atoms with Crippen LogP contribution < -0.4 is 0 Å². The van der Waals surface area contributed by atoms with Crippen LogP contribution in [0.4, 0.5) is 0 Å². The Morgan fingerprint density at radius 2 is 2.00 bits per heavy atom. The lowest BCUT2D eigenvalue weighted by molar-refractivity contribution is 0.0876. The molecule has 96 valence electrons. The first-order valence-electron chi connectivity index (χ1n) is 7.07. The standard InChI is InChI=1S/C16H16N2O/c19-16(13-9-10-4-5-11(13)8-10)12-2-1-3-14-15(12)18-7-6-17-14/h1-3,6-7,10-11,13H,4-5,8-9H2. The number of carbonyl (C=O) groups excluding carboxylic acids is 1. The third kappa shape index (κ3) is 1.68. The summed E-state index contributed by atoms with van der Waals surface area (Å²) in [6, 6.07) is 5.74. The van der Waals surface area contributed by atoms with Crippen molar-refractivity contribution >= 4 is 16.8 Å². The lowest BCUT2D eigenvalue weighted by Crippen LogP contribution is -2.21. The first kappa shape index (κ1) is 11.1. The molecule has 1 heterocycles. The molecule has 19 heavy (non-hydrogen) atoms. The third-order valence-corrected chi connectivity index (χ3v) is 4.84. The summed E-state index contributed by atoms with van der Waals surface area (Å²) in [5.74, 6) is 1.93. The van der Waals surface area contributed by atoms with E-state index in [2.05, 4.69) is 9.97 Å². The maximum Gasteiger partial charge on any atom is 0.168 e. The normalized spacial score (nSPS) is 28.9. The molecule has 2 fully saturated rings. The zero-order valence-electron chi connectivity index (χ0n) is 10.7. The second kappa shape index (κ2) is 4.12. The molecular formula is C16H16N2O. The second-order valence-electron chi connectivity index (χ2n) is 5.88. The van der Waals surface area contributed by atoms with E-state index in [1.165, 1.54) is 19.3 Å². The minimum Gasteiger partial charge on any atom is -0.294 e. The van der Waals surface area contributed by atoms with Crippen molar-refractivity contribution in [3.8, 4) is 0 Å². The molecule has 4 rings (SSSR count). The van der Waals surface area contributed by atoms with Gasteiger partial charge in [0.25, 0.3) is 0 Å². The van der Waals surface area contributed by atoms with Gasteiger partial charge in [-0.15, -0.1) is 0 Å². The summed E-state index contributed by atoms with van der Waals surface area (Å²) in [6.07, 6.45) is 8.24. The molecule has 0 saturated heterocycles. The molecule has 1 aromatic carbocycles. The number of ketones is 1. The van der Waals surface area contributed by atoms with E-state index in [4.69, 9.17) is 0 Å². The fourth-order valence-electron chi connectivity index (χ4n) is 3.96. The number of aromatic nitrogens is 2. The molecular weight excluding hydrogens is 236 g/mol. The largest absolute Gasteiger partial charge is 0.294 e. The van der Waals surface area contributed by atoms with E-state index < -0.39 is 0 Å². The first-order valence-corrected chi connectivity index (χ1v) is 7.07. The van der Waals surface area contributed by atoms with Crippen LogP contribution in [0.2, 0.25) is 0 Å². The predicted octanol–water partition coefficient (Wildman–Crippen LogP) is 3.25. The van der Waals surface area contributed by atoms with Crippen LogP contribution >= 0.6 is 0 Å². The summed E-state index contributed by atoms with van der Waals surface area (Å²) < 4.78 is 0. The summed E-state index contributed by atoms with van der Waals surface area (Å²) in [5, 5.41) is 0. The molecule has 3 heteroatoms. The molecule has 2 bridgehead atoms. The highest BCUT2D eigenvalue weighted by molar-refractivity contribution is 6.07. The van der Waals surface area contributed by atoms with Crippen molar-refractivity contribution < 1.29 is 4.79 Å². The van der Waals surface area contributed by atoms with Gasteiger partial charge in [0.2, 0.25) is 0 Å². The highest BCUT2D eigenvalue weighted by Gasteiger charge is 2.43. The van der Waals surface area contributed by atoms with Crippen LogP contribution in [-0.4, -0.2) is 15.8 Å². The lowest BCUT2D eigenvalue weighted by Gasteiger charge is -2.20. The van der Waals surface area contributed by atoms with Gasteiger partial charge in [0, 0.05) is 23.9 Å². The molecule has 0 aliphatic heterocycles. The smallest absolute Gasteiger partial charge is 0.168 e. The van der Waals surface area contributed by atoms with Crippen molar-refractivity contribution in [3.05, 3.63) is 36.2 Å². The predicted molar refractivity (Wildman–Crippen MR) is 72.8 cm³/mol. The van der Waals surface area contributed by atoms with E-state index in [9.17, 15) is 4.79 Å². The van der Waals surface area contributed by atoms with Crippen LogP contribution in [0.3, 0.4) is 0 Å². The van der Waals surface area contributed by atoms with Gasteiger partial charge in [0.05, 0.1) is 11.0 Å². The fraction of sp³-hybridized carbons (Fsp3) is 0.438. The Balaban J connectivity index is 1.76. The molecule has 0 amide bonds. The average Bonchev–Trinajstić information content (AvgIpc) is 3.08. The van der Waals surface area contributed by atoms with Crippen LogP contribution in [0.1, 0.15) is 36.0 Å². The van der Waals surface area contributed by atoms with Crippen molar-refractivity contribution in [1.82, 2.24) is 9.97 Å². The Kier molecular flexibility index (Phi) is 2.40. The van der Waals surface area contributed by atoms with Gasteiger partial charge >= 0.3 is 0 Å². The number of fused-ring (bicyclic) bond motifs is 3. The van der Waals surface area contributed by atoms with Gasteiger partial charge in [-0.2, -0.15) is 0 Å². The Bertz CT molecular complexity index is 647. The van der Waals surface area contributed by atoms with Gasteiger partial charge in [0.1, 0.15) is 0 Å². The number of hydrogen-bond donors (Lipinski definition) is 0. The van der Waals surface area contributed by atoms with Gasteiger partial charge in [-0.1, -0.05) is 12.5 Å². The maximum absolute atomic E-state index is 12.8. The Morgan fingerprint density at radius 1 is 1.11 bits per heavy atom. The SMILES string of the molecule is O=C(c1cccc2nccnc12)C1CC2CCC1C2. The van der Waals surface area contributed by atoms with E-state index in [0.29, 0.717) is 11.7 Å². The fourth-order valence-corrected chi connectivity index (χ4v) is 3.96. The molecule has 2 aromatic rings. The minimum atomic E-state index is 0.228. The molecule has 0 radical (unpaired) electrons. The number of para-hydroxylation sites is 1. The molecule has 0 spiro atoms. The number of rotatable bonds is 2. The maximum atomic E-state index is 12.8. The average molecular weight is 252 g/mol. The molecule has 0 N–H and O–H groups in total. The quantitative estimate of drug-likeness (QED) is 0.770. The van der Waals surface area contributed by atoms with Crippen molar-refractivity contribution in [3.63, 3.8) is 0 Å². The molecule has 3 nitrogen and oxygen atoms in total. The Labute approximate surface area is 112 Å². The van der Waals surface area contributed by atoms with Crippen LogP contribution in [0, 0.1) is 17.8 Å². The van der Waals surface area contributed by atoms with Gasteiger partial charge in [0.15, 0.2) is 5.78 Å². The minimum absolute atomic E-state index is 0.228. The van der Waals surface area contributed by atoms with Gasteiger partial charge in [-0.3, -0.25) is 14.8 Å². The highest BCUT2D eigenvalue weighted by atomic mass is 16.1. The Morgan fingerprint density at radius 3 is 2.79 bits per heavy atom. The zero-order chi connectivity index (χ0) is 12.8. The van der Waals surface area contributed by atoms with E-state index >= 15 is 0 Å². The number of hydrogen-bond acceptors (Lipinski definition) is 3. The summed E-state index contributed by atoms with van der Waals surface area (Å²) >= 11 is 0. The topological polar surface area (TPSA) is 42.9 Å². The van der Waals surface area contributed by atoms with Gasteiger partial charge in [-0.25, -0.2) is 0 Å². The number of Topliss-reactive ketones (excluding diaryl/α,β-unsaturated/α-hetero) is 1. The van der Waals surface area contributed by atoms with Crippen molar-refractivity contribution in [2.24, 2.45) is 17.8 Å². The highest BCUT2D eigenvalue weighted by Crippen LogP contribution is 2.49. The molecule has 2 aliphatic rings. The van der Waals surface area contributed by atoms with Gasteiger partial charge in [-0.05, 0) is 43.2 Å². The molecule has 3 atom stereocenters.